The molecule has 2 N–H and O–H groups in total. The number of anilines is 1. The van der Waals surface area contributed by atoms with Gasteiger partial charge in [-0.2, -0.15) is 5.10 Å². The summed E-state index contributed by atoms with van der Waals surface area (Å²) < 4.78 is 23.8. The molecule has 0 fully saturated rings. The number of nitrogens with zero attached hydrogens (tertiary/aromatic N) is 2. The molecule has 0 radical (unpaired) electrons. The molecule has 0 atom stereocenters. The summed E-state index contributed by atoms with van der Waals surface area (Å²) in [4.78, 5) is 0. The molecule has 6 heteroatoms. The lowest BCUT2D eigenvalue weighted by atomic mass is 10.1. The number of nitrogens with two attached hydrogens (primary N) is 1. The number of aromatic nitrogens is 2. The van der Waals surface area contributed by atoms with Crippen molar-refractivity contribution < 1.29 is 8.42 Å². The molecule has 0 saturated heterocycles. The normalized spacial score (nSPS) is 11.7. The first-order valence-corrected chi connectivity index (χ1v) is 7.97. The average molecular weight is 279 g/mol. The SMILES string of the molecule is Cn1ncc(-c2ccc(CCS(C)(=O)=O)cc2)c1N. The maximum atomic E-state index is 11.1. The van der Waals surface area contributed by atoms with Gasteiger partial charge < -0.3 is 5.73 Å². The van der Waals surface area contributed by atoms with E-state index in [1.165, 1.54) is 6.26 Å². The second-order valence-corrected chi connectivity index (χ2v) is 6.90. The van der Waals surface area contributed by atoms with Crippen LogP contribution in [0.15, 0.2) is 30.5 Å². The number of hydrogen-bond acceptors (Lipinski definition) is 4. The predicted molar refractivity (Wildman–Crippen MR) is 76.5 cm³/mol. The second kappa shape index (κ2) is 5.05. The highest BCUT2D eigenvalue weighted by atomic mass is 32.2. The maximum Gasteiger partial charge on any atom is 0.147 e. The van der Waals surface area contributed by atoms with E-state index in [1.54, 1.807) is 17.9 Å². The summed E-state index contributed by atoms with van der Waals surface area (Å²) in [6.45, 7) is 0. The molecule has 2 aromatic rings. The van der Waals surface area contributed by atoms with Gasteiger partial charge in [-0.05, 0) is 17.5 Å². The Hall–Kier alpha value is -1.82. The lowest BCUT2D eigenvalue weighted by Crippen LogP contribution is -2.05. The van der Waals surface area contributed by atoms with Crippen molar-refractivity contribution in [1.82, 2.24) is 9.78 Å². The van der Waals surface area contributed by atoms with Crippen LogP contribution in [-0.4, -0.2) is 30.2 Å². The van der Waals surface area contributed by atoms with Gasteiger partial charge in [-0.25, -0.2) is 8.42 Å². The van der Waals surface area contributed by atoms with Gasteiger partial charge in [-0.1, -0.05) is 24.3 Å². The Bertz CT molecular complexity index is 672. The molecule has 0 saturated carbocycles. The van der Waals surface area contributed by atoms with Crippen molar-refractivity contribution >= 4 is 15.7 Å². The van der Waals surface area contributed by atoms with E-state index in [0.717, 1.165) is 16.7 Å². The molecule has 1 aromatic heterocycles. The minimum Gasteiger partial charge on any atom is -0.383 e. The molecule has 1 aromatic carbocycles. The van der Waals surface area contributed by atoms with Crippen LogP contribution in [0.4, 0.5) is 5.82 Å². The second-order valence-electron chi connectivity index (χ2n) is 4.64. The smallest absolute Gasteiger partial charge is 0.147 e. The largest absolute Gasteiger partial charge is 0.383 e. The number of benzene rings is 1. The Morgan fingerprint density at radius 3 is 2.37 bits per heavy atom. The molecule has 0 aliphatic carbocycles. The molecular weight excluding hydrogens is 262 g/mol. The average Bonchev–Trinajstić information content (AvgIpc) is 2.68. The first-order chi connectivity index (χ1) is 8.87. The molecule has 0 bridgehead atoms. The van der Waals surface area contributed by atoms with Gasteiger partial charge >= 0.3 is 0 Å². The topological polar surface area (TPSA) is 78.0 Å². The van der Waals surface area contributed by atoms with Crippen LogP contribution in [0.1, 0.15) is 5.56 Å². The summed E-state index contributed by atoms with van der Waals surface area (Å²) in [5, 5.41) is 4.10. The van der Waals surface area contributed by atoms with Crippen molar-refractivity contribution in [3.8, 4) is 11.1 Å². The Labute approximate surface area is 113 Å². The van der Waals surface area contributed by atoms with E-state index in [4.69, 9.17) is 5.73 Å². The standard InChI is InChI=1S/C13H17N3O2S/c1-16-13(14)12(9-15-16)11-5-3-10(4-6-11)7-8-19(2,17)18/h3-6,9H,7-8,14H2,1-2H3. The van der Waals surface area contributed by atoms with Gasteiger partial charge in [0.2, 0.25) is 0 Å². The highest BCUT2D eigenvalue weighted by molar-refractivity contribution is 7.90. The third-order valence-corrected chi connectivity index (χ3v) is 3.96. The molecule has 102 valence electrons. The highest BCUT2D eigenvalue weighted by Crippen LogP contribution is 2.25. The lowest BCUT2D eigenvalue weighted by molar-refractivity contribution is 0.601. The summed E-state index contributed by atoms with van der Waals surface area (Å²) in [6.07, 6.45) is 3.50. The van der Waals surface area contributed by atoms with Gasteiger partial charge in [0, 0.05) is 18.9 Å². The minimum atomic E-state index is -2.92. The molecule has 19 heavy (non-hydrogen) atoms. The molecule has 1 heterocycles. The van der Waals surface area contributed by atoms with Crippen LogP contribution in [0.2, 0.25) is 0 Å². The van der Waals surface area contributed by atoms with Gasteiger partial charge in [0.15, 0.2) is 0 Å². The molecule has 5 nitrogen and oxygen atoms in total. The first kappa shape index (κ1) is 13.6. The third-order valence-electron chi connectivity index (χ3n) is 3.01. The van der Waals surface area contributed by atoms with E-state index in [2.05, 4.69) is 5.10 Å². The third kappa shape index (κ3) is 3.35. The number of rotatable bonds is 4. The molecule has 0 spiro atoms. The number of hydrogen-bond donors (Lipinski definition) is 1. The van der Waals surface area contributed by atoms with Crippen LogP contribution in [0.25, 0.3) is 11.1 Å². The van der Waals surface area contributed by atoms with Gasteiger partial charge in [-0.15, -0.1) is 0 Å². The van der Waals surface area contributed by atoms with E-state index < -0.39 is 9.84 Å². The molecular formula is C13H17N3O2S. The van der Waals surface area contributed by atoms with E-state index in [9.17, 15) is 8.42 Å². The van der Waals surface area contributed by atoms with E-state index in [-0.39, 0.29) is 5.75 Å². The van der Waals surface area contributed by atoms with E-state index in [1.807, 2.05) is 24.3 Å². The van der Waals surface area contributed by atoms with Crippen molar-refractivity contribution in [3.63, 3.8) is 0 Å². The highest BCUT2D eigenvalue weighted by Gasteiger charge is 2.08. The van der Waals surface area contributed by atoms with Crippen molar-refractivity contribution in [1.29, 1.82) is 0 Å². The Morgan fingerprint density at radius 1 is 1.26 bits per heavy atom. The number of aryl methyl sites for hydroxylation is 2. The van der Waals surface area contributed by atoms with E-state index in [0.29, 0.717) is 12.2 Å². The van der Waals surface area contributed by atoms with Gasteiger partial charge in [0.1, 0.15) is 15.7 Å². The molecule has 2 rings (SSSR count). The van der Waals surface area contributed by atoms with Gasteiger partial charge in [0.05, 0.1) is 11.9 Å². The lowest BCUT2D eigenvalue weighted by Gasteiger charge is -2.04. The maximum absolute atomic E-state index is 11.1. The molecule has 0 unspecified atom stereocenters. The fraction of sp³-hybridized carbons (Fsp3) is 0.308. The fourth-order valence-corrected chi connectivity index (χ4v) is 2.43. The first-order valence-electron chi connectivity index (χ1n) is 5.91. The van der Waals surface area contributed by atoms with Crippen LogP contribution >= 0.6 is 0 Å². The van der Waals surface area contributed by atoms with Crippen LogP contribution in [0.5, 0.6) is 0 Å². The zero-order valence-corrected chi connectivity index (χ0v) is 11.8. The van der Waals surface area contributed by atoms with Crippen molar-refractivity contribution in [3.05, 3.63) is 36.0 Å². The molecule has 0 amide bonds. The Balaban J connectivity index is 2.17. The van der Waals surface area contributed by atoms with Crippen molar-refractivity contribution in [2.45, 2.75) is 6.42 Å². The monoisotopic (exact) mass is 279 g/mol. The van der Waals surface area contributed by atoms with Crippen LogP contribution in [-0.2, 0) is 23.3 Å². The zero-order valence-electron chi connectivity index (χ0n) is 11.0. The molecule has 0 aliphatic rings. The summed E-state index contributed by atoms with van der Waals surface area (Å²) in [7, 11) is -1.13. The minimum absolute atomic E-state index is 0.168. The quantitative estimate of drug-likeness (QED) is 0.914. The fourth-order valence-electron chi connectivity index (χ4n) is 1.82. The Morgan fingerprint density at radius 2 is 1.89 bits per heavy atom. The van der Waals surface area contributed by atoms with Crippen molar-refractivity contribution in [2.24, 2.45) is 7.05 Å². The summed E-state index contributed by atoms with van der Waals surface area (Å²) >= 11 is 0. The summed E-state index contributed by atoms with van der Waals surface area (Å²) in [5.74, 6) is 0.783. The van der Waals surface area contributed by atoms with Crippen molar-refractivity contribution in [2.75, 3.05) is 17.7 Å². The predicted octanol–water partition coefficient (Wildman–Crippen LogP) is 1.26. The summed E-state index contributed by atoms with van der Waals surface area (Å²) in [5.41, 5.74) is 8.77. The van der Waals surface area contributed by atoms with Crippen LogP contribution in [0, 0.1) is 0 Å². The van der Waals surface area contributed by atoms with Gasteiger partial charge in [-0.3, -0.25) is 4.68 Å². The zero-order chi connectivity index (χ0) is 14.0. The van der Waals surface area contributed by atoms with Crippen LogP contribution < -0.4 is 5.73 Å². The van der Waals surface area contributed by atoms with Crippen LogP contribution in [0.3, 0.4) is 0 Å². The molecule has 0 aliphatic heterocycles. The summed E-state index contributed by atoms with van der Waals surface area (Å²) in [6, 6.07) is 7.72. The Kier molecular flexibility index (Phi) is 3.61. The van der Waals surface area contributed by atoms with E-state index >= 15 is 0 Å². The number of sulfone groups is 1. The van der Waals surface area contributed by atoms with Gasteiger partial charge in [0.25, 0.3) is 0 Å². The number of nitrogen functional groups attached to an aromatic ring is 1.